The Morgan fingerprint density at radius 3 is 2.56 bits per heavy atom. The number of nitrogens with zero attached hydrogens (tertiary/aromatic N) is 3. The van der Waals surface area contributed by atoms with E-state index < -0.39 is 33.5 Å². The van der Waals surface area contributed by atoms with Crippen molar-refractivity contribution >= 4 is 27.4 Å². The molecule has 0 bridgehead atoms. The van der Waals surface area contributed by atoms with E-state index in [0.717, 1.165) is 24.1 Å². The smallest absolute Gasteiger partial charge is 0.357 e. The van der Waals surface area contributed by atoms with Gasteiger partial charge in [-0.05, 0) is 95.8 Å². The number of esters is 1. The minimum Gasteiger partial charge on any atom is -0.461 e. The number of ether oxygens (including phenoxy) is 1. The van der Waals surface area contributed by atoms with Crippen LogP contribution in [-0.2, 0) is 27.7 Å². The van der Waals surface area contributed by atoms with Crippen LogP contribution in [0, 0.1) is 23.4 Å². The quantitative estimate of drug-likeness (QED) is 0.130. The molecule has 0 amide bonds. The number of carbonyl (C=O) groups is 1. The summed E-state index contributed by atoms with van der Waals surface area (Å²) in [6.07, 6.45) is 4.33. The van der Waals surface area contributed by atoms with Crippen LogP contribution in [0.15, 0.2) is 70.9 Å². The molecule has 234 valence electrons. The van der Waals surface area contributed by atoms with E-state index in [0.29, 0.717) is 39.9 Å². The molecule has 2 aromatic heterocycles. The lowest BCUT2D eigenvalue weighted by molar-refractivity contribution is 0.0520. The molecule has 12 heteroatoms. The van der Waals surface area contributed by atoms with Crippen LogP contribution >= 0.6 is 11.3 Å². The van der Waals surface area contributed by atoms with Crippen LogP contribution in [0.4, 0.5) is 13.2 Å². The third-order valence-electron chi connectivity index (χ3n) is 7.65. The molecule has 2 N–H and O–H groups in total. The maximum atomic E-state index is 15.2. The number of hydrogen-bond acceptors (Lipinski definition) is 6. The van der Waals surface area contributed by atoms with Crippen molar-refractivity contribution < 1.29 is 26.9 Å². The molecule has 6 rings (SSSR count). The molecule has 5 aromatic rings. The fourth-order valence-corrected chi connectivity index (χ4v) is 6.92. The number of aromatic nitrogens is 3. The number of nitrogens with two attached hydrogens (primary N) is 1. The van der Waals surface area contributed by atoms with Crippen molar-refractivity contribution in [3.05, 3.63) is 106 Å². The Labute approximate surface area is 263 Å². The van der Waals surface area contributed by atoms with Gasteiger partial charge >= 0.3 is 5.97 Å². The second-order valence-electron chi connectivity index (χ2n) is 11.2. The van der Waals surface area contributed by atoms with Crippen LogP contribution in [0.2, 0.25) is 0 Å². The summed E-state index contributed by atoms with van der Waals surface area (Å²) in [5.74, 6) is -1.82. The van der Waals surface area contributed by atoms with E-state index >= 15 is 8.78 Å². The van der Waals surface area contributed by atoms with Crippen molar-refractivity contribution in [2.24, 2.45) is 11.1 Å². The fourth-order valence-electron chi connectivity index (χ4n) is 5.31. The molecular formula is C33H31F3N4O3S2. The Bertz CT molecular complexity index is 1960. The van der Waals surface area contributed by atoms with E-state index in [4.69, 9.17) is 15.0 Å². The van der Waals surface area contributed by atoms with Crippen molar-refractivity contribution in [2.75, 3.05) is 12.9 Å². The van der Waals surface area contributed by atoms with Crippen molar-refractivity contribution in [3.63, 3.8) is 0 Å². The van der Waals surface area contributed by atoms with Gasteiger partial charge in [0, 0.05) is 34.7 Å². The van der Waals surface area contributed by atoms with Crippen LogP contribution in [0.3, 0.4) is 0 Å². The number of hydrogen-bond donors (Lipinski definition) is 2. The molecule has 3 aromatic carbocycles. The predicted molar refractivity (Wildman–Crippen MR) is 170 cm³/mol. The lowest BCUT2D eigenvalue weighted by atomic mass is 9.94. The second kappa shape index (κ2) is 12.3. The highest BCUT2D eigenvalue weighted by molar-refractivity contribution is 8.00. The van der Waals surface area contributed by atoms with Crippen molar-refractivity contribution in [3.8, 4) is 27.5 Å². The second-order valence-corrected chi connectivity index (χ2v) is 14.5. The summed E-state index contributed by atoms with van der Waals surface area (Å²) >= 11 is 1.20. The summed E-state index contributed by atoms with van der Waals surface area (Å²) in [5, 5.41) is 12.7. The Balaban J connectivity index is 1.55. The van der Waals surface area contributed by atoms with Gasteiger partial charge in [0.25, 0.3) is 0 Å². The Morgan fingerprint density at radius 2 is 1.87 bits per heavy atom. The number of thiazole rings is 1. The van der Waals surface area contributed by atoms with Crippen LogP contribution < -0.4 is 5.14 Å². The minimum atomic E-state index is -3.32. The Hall–Kier alpha value is -4.13. The predicted octanol–water partition coefficient (Wildman–Crippen LogP) is 6.68. The summed E-state index contributed by atoms with van der Waals surface area (Å²) in [6.45, 7) is 1.90. The summed E-state index contributed by atoms with van der Waals surface area (Å²) in [7, 11) is -3.32. The van der Waals surface area contributed by atoms with Gasteiger partial charge in [0.1, 0.15) is 17.5 Å². The zero-order valence-electron chi connectivity index (χ0n) is 24.6. The highest BCUT2D eigenvalue weighted by atomic mass is 32.3. The normalized spacial score (nSPS) is 13.6. The molecule has 0 spiro atoms. The SMILES string of the molecule is CCOC(=O)c1csc(-n2nc(CC3CC3)c(Cc3ccc([SH](C)(N)=O)c(F)c3)c2-c2ccc(F)c(-c3cccc(F)c3)c2)n1. The molecule has 0 saturated heterocycles. The van der Waals surface area contributed by atoms with E-state index in [1.807, 2.05) is 0 Å². The van der Waals surface area contributed by atoms with Crippen molar-refractivity contribution in [1.82, 2.24) is 14.8 Å². The average molecular weight is 653 g/mol. The van der Waals surface area contributed by atoms with E-state index in [1.165, 1.54) is 54.0 Å². The maximum absolute atomic E-state index is 15.2. The lowest BCUT2D eigenvalue weighted by Gasteiger charge is -2.15. The third-order valence-corrected chi connectivity index (χ3v) is 9.79. The zero-order valence-corrected chi connectivity index (χ0v) is 26.3. The number of halogens is 3. The Morgan fingerprint density at radius 1 is 1.07 bits per heavy atom. The molecule has 1 aliphatic rings. The maximum Gasteiger partial charge on any atom is 0.357 e. The van der Waals surface area contributed by atoms with E-state index in [2.05, 4.69) is 4.98 Å². The van der Waals surface area contributed by atoms with Gasteiger partial charge in [-0.15, -0.1) is 11.3 Å². The fraction of sp³-hybridized carbons (Fsp3) is 0.242. The van der Waals surface area contributed by atoms with Crippen molar-refractivity contribution in [1.29, 1.82) is 0 Å². The number of thiol groups is 1. The molecule has 0 radical (unpaired) electrons. The molecule has 7 nitrogen and oxygen atoms in total. The largest absolute Gasteiger partial charge is 0.461 e. The van der Waals surface area contributed by atoms with Gasteiger partial charge in [0.2, 0.25) is 5.13 Å². The van der Waals surface area contributed by atoms with E-state index in [9.17, 15) is 13.4 Å². The van der Waals surface area contributed by atoms with Gasteiger partial charge in [-0.25, -0.2) is 27.6 Å². The standard InChI is InChI=1S/C33H31F3N4O3S2/c1-3-43-32(41)29-18-44-33(38-29)40-31(22-10-11-26(35)24(17-22)21-5-4-6-23(34)16-21)25(28(39-40)15-19-7-8-19)13-20-9-12-30(27(36)14-20)45(2,37)42/h4-6,9-12,14,16-19,45H,3,7-8,13,15H2,1-2H3,(H2,37,42). The average Bonchev–Trinajstić information content (AvgIpc) is 3.54. The van der Waals surface area contributed by atoms with E-state index in [-0.39, 0.29) is 29.2 Å². The molecule has 0 unspecified atom stereocenters. The molecule has 1 fully saturated rings. The van der Waals surface area contributed by atoms with Gasteiger partial charge in [0.15, 0.2) is 5.69 Å². The Kier molecular flexibility index (Phi) is 8.47. The number of carbonyl (C=O) groups excluding carboxylic acids is 1. The molecule has 45 heavy (non-hydrogen) atoms. The first kappa shape index (κ1) is 30.9. The van der Waals surface area contributed by atoms with Crippen LogP contribution in [0.5, 0.6) is 0 Å². The highest BCUT2D eigenvalue weighted by Crippen LogP contribution is 2.39. The zero-order chi connectivity index (χ0) is 31.9. The molecule has 2 heterocycles. The highest BCUT2D eigenvalue weighted by Gasteiger charge is 2.29. The first-order valence-electron chi connectivity index (χ1n) is 14.5. The lowest BCUT2D eigenvalue weighted by Crippen LogP contribution is -2.22. The molecule has 0 aliphatic heterocycles. The first-order valence-corrected chi connectivity index (χ1v) is 17.6. The minimum absolute atomic E-state index is 0.0343. The number of rotatable bonds is 10. The molecule has 1 saturated carbocycles. The molecular weight excluding hydrogens is 622 g/mol. The third kappa shape index (κ3) is 6.63. The van der Waals surface area contributed by atoms with Gasteiger partial charge in [-0.1, -0.05) is 18.2 Å². The summed E-state index contributed by atoms with van der Waals surface area (Å²) in [6, 6.07) is 14.7. The van der Waals surface area contributed by atoms with Crippen LogP contribution in [0.25, 0.3) is 27.5 Å². The van der Waals surface area contributed by atoms with Crippen LogP contribution in [-0.4, -0.2) is 37.8 Å². The monoisotopic (exact) mass is 652 g/mol. The van der Waals surface area contributed by atoms with Crippen molar-refractivity contribution in [2.45, 2.75) is 37.5 Å². The van der Waals surface area contributed by atoms with Crippen LogP contribution in [0.1, 0.15) is 47.1 Å². The van der Waals surface area contributed by atoms with Gasteiger partial charge in [0.05, 0.1) is 22.9 Å². The van der Waals surface area contributed by atoms with Gasteiger partial charge in [-0.3, -0.25) is 9.35 Å². The summed E-state index contributed by atoms with van der Waals surface area (Å²) in [5.41, 5.74) is 3.98. The summed E-state index contributed by atoms with van der Waals surface area (Å²) in [4.78, 5) is 16.9. The van der Waals surface area contributed by atoms with E-state index in [1.54, 1.807) is 41.3 Å². The summed E-state index contributed by atoms with van der Waals surface area (Å²) < 4.78 is 63.7. The van der Waals surface area contributed by atoms with Gasteiger partial charge in [-0.2, -0.15) is 5.10 Å². The van der Waals surface area contributed by atoms with Gasteiger partial charge < -0.3 is 4.74 Å². The molecule has 0 atom stereocenters. The first-order chi connectivity index (χ1) is 21.5. The molecule has 1 aliphatic carbocycles. The number of benzene rings is 3. The topological polar surface area (TPSA) is 100 Å².